The maximum atomic E-state index is 12.8. The SMILES string of the molecule is C[C@@](CO)(NC(=O)c1ccc2c(Oc3ccc(C(F)(F)F)cc3)cccc2c1)C1CNC1. The van der Waals surface area contributed by atoms with E-state index in [4.69, 9.17) is 4.74 Å². The van der Waals surface area contributed by atoms with Crippen LogP contribution in [0.25, 0.3) is 10.8 Å². The molecule has 32 heavy (non-hydrogen) atoms. The van der Waals surface area contributed by atoms with Crippen LogP contribution < -0.4 is 15.4 Å². The number of ether oxygens (including phenoxy) is 1. The van der Waals surface area contributed by atoms with Gasteiger partial charge in [-0.2, -0.15) is 13.2 Å². The van der Waals surface area contributed by atoms with Crippen molar-refractivity contribution in [2.75, 3.05) is 19.7 Å². The lowest BCUT2D eigenvalue weighted by Crippen LogP contribution is -2.63. The van der Waals surface area contributed by atoms with E-state index in [2.05, 4.69) is 10.6 Å². The fourth-order valence-corrected chi connectivity index (χ4v) is 3.66. The summed E-state index contributed by atoms with van der Waals surface area (Å²) in [6.45, 7) is 3.14. The Labute approximate surface area is 183 Å². The van der Waals surface area contributed by atoms with E-state index in [1.807, 2.05) is 13.0 Å². The highest BCUT2D eigenvalue weighted by molar-refractivity contribution is 6.00. The van der Waals surface area contributed by atoms with Gasteiger partial charge in [0.25, 0.3) is 5.91 Å². The molecule has 1 amide bonds. The molecule has 1 heterocycles. The van der Waals surface area contributed by atoms with Gasteiger partial charge < -0.3 is 20.5 Å². The Kier molecular flexibility index (Phi) is 5.83. The van der Waals surface area contributed by atoms with Gasteiger partial charge in [0.1, 0.15) is 11.5 Å². The standard InChI is InChI=1S/C24H23F3N2O3/c1-23(14-30,18-12-28-13-18)29-22(31)16-5-10-20-15(11-16)3-2-4-21(20)32-19-8-6-17(7-9-19)24(25,26)27/h2-11,18,28,30H,12-14H2,1H3,(H,29,31)/t23-/m0/s1. The van der Waals surface area contributed by atoms with E-state index in [9.17, 15) is 23.1 Å². The van der Waals surface area contributed by atoms with E-state index in [0.29, 0.717) is 11.3 Å². The van der Waals surface area contributed by atoms with Gasteiger partial charge in [0.05, 0.1) is 17.7 Å². The molecule has 0 radical (unpaired) electrons. The maximum Gasteiger partial charge on any atom is 0.416 e. The van der Waals surface area contributed by atoms with Crippen LogP contribution in [0.15, 0.2) is 60.7 Å². The van der Waals surface area contributed by atoms with E-state index < -0.39 is 17.3 Å². The van der Waals surface area contributed by atoms with Crippen LogP contribution in [-0.4, -0.2) is 36.2 Å². The van der Waals surface area contributed by atoms with Crippen molar-refractivity contribution < 1.29 is 27.8 Å². The Balaban J connectivity index is 1.55. The normalized spacial score (nSPS) is 16.3. The number of nitrogens with one attached hydrogen (secondary N) is 2. The number of benzene rings is 3. The fraction of sp³-hybridized carbons (Fsp3) is 0.292. The number of fused-ring (bicyclic) bond motifs is 1. The number of aliphatic hydroxyl groups excluding tert-OH is 1. The molecule has 1 aliphatic rings. The molecule has 0 bridgehead atoms. The van der Waals surface area contributed by atoms with Crippen molar-refractivity contribution in [3.8, 4) is 11.5 Å². The molecule has 0 aliphatic carbocycles. The van der Waals surface area contributed by atoms with Crippen LogP contribution in [0.3, 0.4) is 0 Å². The van der Waals surface area contributed by atoms with E-state index >= 15 is 0 Å². The molecule has 3 aromatic rings. The van der Waals surface area contributed by atoms with E-state index in [1.165, 1.54) is 12.1 Å². The maximum absolute atomic E-state index is 12.8. The van der Waals surface area contributed by atoms with Crippen molar-refractivity contribution in [2.45, 2.75) is 18.6 Å². The number of rotatable bonds is 6. The van der Waals surface area contributed by atoms with Gasteiger partial charge in [-0.05, 0) is 60.8 Å². The molecule has 1 saturated heterocycles. The molecule has 8 heteroatoms. The zero-order chi connectivity index (χ0) is 22.9. The molecular formula is C24H23F3N2O3. The molecule has 5 nitrogen and oxygen atoms in total. The van der Waals surface area contributed by atoms with E-state index in [0.717, 1.165) is 36.0 Å². The molecule has 1 fully saturated rings. The molecule has 4 rings (SSSR count). The number of aliphatic hydroxyl groups is 1. The van der Waals surface area contributed by atoms with Gasteiger partial charge in [-0.25, -0.2) is 0 Å². The first kappa shape index (κ1) is 22.1. The number of carbonyl (C=O) groups is 1. The quantitative estimate of drug-likeness (QED) is 0.529. The Morgan fingerprint density at radius 2 is 1.84 bits per heavy atom. The summed E-state index contributed by atoms with van der Waals surface area (Å²) < 4.78 is 44.1. The van der Waals surface area contributed by atoms with Gasteiger partial charge in [-0.15, -0.1) is 0 Å². The lowest BCUT2D eigenvalue weighted by Gasteiger charge is -2.42. The number of carbonyl (C=O) groups excluding carboxylic acids is 1. The second-order valence-electron chi connectivity index (χ2n) is 8.20. The zero-order valence-corrected chi connectivity index (χ0v) is 17.4. The predicted molar refractivity (Wildman–Crippen MR) is 115 cm³/mol. The van der Waals surface area contributed by atoms with Crippen LogP contribution in [0.1, 0.15) is 22.8 Å². The highest BCUT2D eigenvalue weighted by atomic mass is 19.4. The minimum absolute atomic E-state index is 0.153. The molecule has 168 valence electrons. The topological polar surface area (TPSA) is 70.6 Å². The smallest absolute Gasteiger partial charge is 0.416 e. The number of halogens is 3. The summed E-state index contributed by atoms with van der Waals surface area (Å²) in [5.41, 5.74) is -1.02. The first-order valence-electron chi connectivity index (χ1n) is 10.2. The van der Waals surface area contributed by atoms with Crippen LogP contribution in [0.4, 0.5) is 13.2 Å². The highest BCUT2D eigenvalue weighted by Gasteiger charge is 2.38. The van der Waals surface area contributed by atoms with Crippen LogP contribution in [0, 0.1) is 5.92 Å². The minimum atomic E-state index is -4.41. The van der Waals surface area contributed by atoms with Gasteiger partial charge in [-0.1, -0.05) is 12.1 Å². The summed E-state index contributed by atoms with van der Waals surface area (Å²) >= 11 is 0. The first-order valence-corrected chi connectivity index (χ1v) is 10.2. The monoisotopic (exact) mass is 444 g/mol. The van der Waals surface area contributed by atoms with Gasteiger partial charge in [-0.3, -0.25) is 4.79 Å². The van der Waals surface area contributed by atoms with Crippen molar-refractivity contribution in [2.24, 2.45) is 5.92 Å². The third-order valence-electron chi connectivity index (χ3n) is 5.92. The van der Waals surface area contributed by atoms with Crippen molar-refractivity contribution in [1.29, 1.82) is 0 Å². The molecule has 0 aromatic heterocycles. The Morgan fingerprint density at radius 3 is 2.44 bits per heavy atom. The number of alkyl halides is 3. The van der Waals surface area contributed by atoms with Crippen molar-refractivity contribution >= 4 is 16.7 Å². The predicted octanol–water partition coefficient (Wildman–Crippen LogP) is 4.35. The summed E-state index contributed by atoms with van der Waals surface area (Å²) in [7, 11) is 0. The van der Waals surface area contributed by atoms with Crippen LogP contribution in [0.2, 0.25) is 0 Å². The van der Waals surface area contributed by atoms with Gasteiger partial charge >= 0.3 is 6.18 Å². The van der Waals surface area contributed by atoms with Crippen LogP contribution in [0.5, 0.6) is 11.5 Å². The Morgan fingerprint density at radius 1 is 1.12 bits per heavy atom. The largest absolute Gasteiger partial charge is 0.457 e. The summed E-state index contributed by atoms with van der Waals surface area (Å²) in [5.74, 6) is 0.611. The minimum Gasteiger partial charge on any atom is -0.457 e. The van der Waals surface area contributed by atoms with Crippen molar-refractivity contribution in [3.05, 3.63) is 71.8 Å². The van der Waals surface area contributed by atoms with Gasteiger partial charge in [0.15, 0.2) is 0 Å². The lowest BCUT2D eigenvalue weighted by atomic mass is 9.81. The van der Waals surface area contributed by atoms with Crippen LogP contribution in [-0.2, 0) is 6.18 Å². The summed E-state index contributed by atoms with van der Waals surface area (Å²) in [4.78, 5) is 12.8. The molecule has 3 N–H and O–H groups in total. The average Bonchev–Trinajstić information content (AvgIpc) is 2.72. The highest BCUT2D eigenvalue weighted by Crippen LogP contribution is 2.34. The molecule has 3 aromatic carbocycles. The second-order valence-corrected chi connectivity index (χ2v) is 8.20. The van der Waals surface area contributed by atoms with E-state index in [-0.39, 0.29) is 24.2 Å². The van der Waals surface area contributed by atoms with Crippen LogP contribution >= 0.6 is 0 Å². The van der Waals surface area contributed by atoms with Gasteiger partial charge in [0.2, 0.25) is 0 Å². The zero-order valence-electron chi connectivity index (χ0n) is 17.4. The lowest BCUT2D eigenvalue weighted by molar-refractivity contribution is -0.137. The third-order valence-corrected chi connectivity index (χ3v) is 5.92. The molecule has 0 spiro atoms. The number of hydrogen-bond acceptors (Lipinski definition) is 4. The summed E-state index contributed by atoms with van der Waals surface area (Å²) in [6.07, 6.45) is -4.41. The molecular weight excluding hydrogens is 421 g/mol. The van der Waals surface area contributed by atoms with Gasteiger partial charge in [0, 0.05) is 30.0 Å². The summed E-state index contributed by atoms with van der Waals surface area (Å²) in [5, 5.41) is 17.4. The number of hydrogen-bond donors (Lipinski definition) is 3. The van der Waals surface area contributed by atoms with Crippen molar-refractivity contribution in [1.82, 2.24) is 10.6 Å². The second kappa shape index (κ2) is 8.44. The fourth-order valence-electron chi connectivity index (χ4n) is 3.66. The molecule has 0 unspecified atom stereocenters. The average molecular weight is 444 g/mol. The van der Waals surface area contributed by atoms with Crippen molar-refractivity contribution in [3.63, 3.8) is 0 Å². The summed E-state index contributed by atoms with van der Waals surface area (Å²) in [6, 6.07) is 14.9. The molecule has 1 atom stereocenters. The molecule has 1 aliphatic heterocycles. The Hall–Kier alpha value is -3.10. The van der Waals surface area contributed by atoms with E-state index in [1.54, 1.807) is 30.3 Å². The third kappa shape index (κ3) is 4.42. The number of amides is 1. The first-order chi connectivity index (χ1) is 15.2. The Bertz CT molecular complexity index is 1130. The molecule has 0 saturated carbocycles.